The summed E-state index contributed by atoms with van der Waals surface area (Å²) in [6.45, 7) is 1.08. The molecule has 5 nitrogen and oxygen atoms in total. The van der Waals surface area contributed by atoms with Crippen LogP contribution < -0.4 is 16.0 Å². The molecular formula is C18H27FN4OS. The number of hydrogen-bond donors (Lipinski definition) is 3. The fraction of sp³-hybridized carbons (Fsp3) is 0.556. The molecule has 0 aromatic heterocycles. The van der Waals surface area contributed by atoms with E-state index in [1.54, 1.807) is 19.2 Å². The van der Waals surface area contributed by atoms with Gasteiger partial charge in [0, 0.05) is 31.4 Å². The van der Waals surface area contributed by atoms with Crippen LogP contribution in [0, 0.1) is 5.82 Å². The van der Waals surface area contributed by atoms with Gasteiger partial charge in [-0.25, -0.2) is 4.39 Å². The van der Waals surface area contributed by atoms with Crippen molar-refractivity contribution >= 4 is 23.6 Å². The molecular weight excluding hydrogens is 339 g/mol. The first-order chi connectivity index (χ1) is 12.1. The molecule has 1 aliphatic carbocycles. The second kappa shape index (κ2) is 10.3. The first-order valence-corrected chi connectivity index (χ1v) is 9.90. The largest absolute Gasteiger partial charge is 0.355 e. The van der Waals surface area contributed by atoms with Gasteiger partial charge >= 0.3 is 0 Å². The highest BCUT2D eigenvalue weighted by Crippen LogP contribution is 2.27. The summed E-state index contributed by atoms with van der Waals surface area (Å²) >= 11 is 1.93. The van der Waals surface area contributed by atoms with Gasteiger partial charge in [-0.3, -0.25) is 9.79 Å². The van der Waals surface area contributed by atoms with Gasteiger partial charge in [-0.05, 0) is 43.2 Å². The van der Waals surface area contributed by atoms with E-state index in [0.29, 0.717) is 24.7 Å². The highest BCUT2D eigenvalue weighted by Gasteiger charge is 2.24. The van der Waals surface area contributed by atoms with E-state index < -0.39 is 0 Å². The van der Waals surface area contributed by atoms with Crippen LogP contribution in [0.3, 0.4) is 0 Å². The van der Waals surface area contributed by atoms with Gasteiger partial charge in [0.05, 0.1) is 6.42 Å². The standard InChI is InChI=1S/C18H27FN4OS/c1-20-18(23-15-6-7-16(12-15)25-2)22-9-8-21-17(24)11-13-4-3-5-14(19)10-13/h3-5,10,15-16H,6-9,11-12H2,1-2H3,(H,21,24)(H2,20,22,23). The molecule has 0 saturated heterocycles. The van der Waals surface area contributed by atoms with E-state index in [-0.39, 0.29) is 18.1 Å². The molecule has 1 aromatic carbocycles. The summed E-state index contributed by atoms with van der Waals surface area (Å²) in [5.41, 5.74) is 0.674. The zero-order chi connectivity index (χ0) is 18.1. The second-order valence-corrected chi connectivity index (χ2v) is 7.31. The summed E-state index contributed by atoms with van der Waals surface area (Å²) in [6.07, 6.45) is 5.91. The average molecular weight is 367 g/mol. The summed E-state index contributed by atoms with van der Waals surface area (Å²) in [5.74, 6) is 0.331. The number of carbonyl (C=O) groups is 1. The minimum Gasteiger partial charge on any atom is -0.355 e. The summed E-state index contributed by atoms with van der Waals surface area (Å²) in [6, 6.07) is 6.57. The highest BCUT2D eigenvalue weighted by molar-refractivity contribution is 7.99. The molecule has 0 radical (unpaired) electrons. The van der Waals surface area contributed by atoms with E-state index in [2.05, 4.69) is 27.2 Å². The van der Waals surface area contributed by atoms with E-state index in [4.69, 9.17) is 0 Å². The number of amides is 1. The number of thioether (sulfide) groups is 1. The van der Waals surface area contributed by atoms with Crippen LogP contribution in [-0.4, -0.2) is 49.6 Å². The van der Waals surface area contributed by atoms with Crippen LogP contribution in [0.25, 0.3) is 0 Å². The van der Waals surface area contributed by atoms with Crippen LogP contribution in [-0.2, 0) is 11.2 Å². The Balaban J connectivity index is 1.63. The van der Waals surface area contributed by atoms with Gasteiger partial charge in [0.25, 0.3) is 0 Å². The van der Waals surface area contributed by atoms with E-state index in [0.717, 1.165) is 24.1 Å². The molecule has 0 heterocycles. The number of carbonyl (C=O) groups excluding carboxylic acids is 1. The number of nitrogens with one attached hydrogen (secondary N) is 3. The van der Waals surface area contributed by atoms with Crippen molar-refractivity contribution in [3.63, 3.8) is 0 Å². The molecule has 1 saturated carbocycles. The van der Waals surface area contributed by atoms with Crippen molar-refractivity contribution < 1.29 is 9.18 Å². The van der Waals surface area contributed by atoms with Crippen LogP contribution in [0.5, 0.6) is 0 Å². The lowest BCUT2D eigenvalue weighted by atomic mass is 10.1. The Labute approximate surface area is 153 Å². The highest BCUT2D eigenvalue weighted by atomic mass is 32.2. The lowest BCUT2D eigenvalue weighted by Gasteiger charge is -2.17. The van der Waals surface area contributed by atoms with Gasteiger partial charge in [0.2, 0.25) is 5.91 Å². The lowest BCUT2D eigenvalue weighted by molar-refractivity contribution is -0.120. The molecule has 1 aliphatic rings. The van der Waals surface area contributed by atoms with Crippen LogP contribution in [0.2, 0.25) is 0 Å². The minimum absolute atomic E-state index is 0.117. The van der Waals surface area contributed by atoms with Crippen molar-refractivity contribution in [3.05, 3.63) is 35.6 Å². The molecule has 2 rings (SSSR count). The van der Waals surface area contributed by atoms with Gasteiger partial charge in [0.15, 0.2) is 5.96 Å². The molecule has 1 amide bonds. The predicted octanol–water partition coefficient (Wildman–Crippen LogP) is 1.93. The SMILES string of the molecule is CN=C(NCCNC(=O)Cc1cccc(F)c1)NC1CCC(SC)C1. The van der Waals surface area contributed by atoms with Gasteiger partial charge in [0.1, 0.15) is 5.82 Å². The van der Waals surface area contributed by atoms with Gasteiger partial charge in [-0.1, -0.05) is 12.1 Å². The van der Waals surface area contributed by atoms with E-state index in [1.807, 2.05) is 11.8 Å². The molecule has 3 N–H and O–H groups in total. The molecule has 0 spiro atoms. The number of halogens is 1. The topological polar surface area (TPSA) is 65.5 Å². The number of benzene rings is 1. The Morgan fingerprint density at radius 2 is 2.12 bits per heavy atom. The fourth-order valence-corrected chi connectivity index (χ4v) is 3.75. The molecule has 25 heavy (non-hydrogen) atoms. The Kier molecular flexibility index (Phi) is 8.04. The third-order valence-electron chi connectivity index (χ3n) is 4.28. The third kappa shape index (κ3) is 6.94. The molecule has 7 heteroatoms. The van der Waals surface area contributed by atoms with Crippen LogP contribution in [0.15, 0.2) is 29.3 Å². The second-order valence-electron chi connectivity index (χ2n) is 6.17. The normalized spacial score (nSPS) is 20.4. The molecule has 0 bridgehead atoms. The molecule has 0 aliphatic heterocycles. The maximum absolute atomic E-state index is 13.1. The van der Waals surface area contributed by atoms with E-state index in [1.165, 1.54) is 18.6 Å². The third-order valence-corrected chi connectivity index (χ3v) is 5.37. The van der Waals surface area contributed by atoms with Crippen molar-refractivity contribution in [2.75, 3.05) is 26.4 Å². The zero-order valence-electron chi connectivity index (χ0n) is 14.8. The number of aliphatic imine (C=N–C) groups is 1. The molecule has 2 unspecified atom stereocenters. The van der Waals surface area contributed by atoms with Crippen LogP contribution in [0.4, 0.5) is 4.39 Å². The number of guanidine groups is 1. The van der Waals surface area contributed by atoms with Gasteiger partial charge in [-0.2, -0.15) is 11.8 Å². The smallest absolute Gasteiger partial charge is 0.224 e. The maximum Gasteiger partial charge on any atom is 0.224 e. The Hall–Kier alpha value is -1.76. The van der Waals surface area contributed by atoms with Gasteiger partial charge < -0.3 is 16.0 Å². The predicted molar refractivity (Wildman–Crippen MR) is 103 cm³/mol. The maximum atomic E-state index is 13.1. The van der Waals surface area contributed by atoms with E-state index >= 15 is 0 Å². The molecule has 1 fully saturated rings. The Bertz CT molecular complexity index is 596. The molecule has 2 atom stereocenters. The van der Waals surface area contributed by atoms with Crippen LogP contribution >= 0.6 is 11.8 Å². The monoisotopic (exact) mass is 366 g/mol. The number of rotatable bonds is 7. The number of hydrogen-bond acceptors (Lipinski definition) is 3. The van der Waals surface area contributed by atoms with Crippen molar-refractivity contribution in [2.45, 2.75) is 37.0 Å². The van der Waals surface area contributed by atoms with Crippen molar-refractivity contribution in [2.24, 2.45) is 4.99 Å². The van der Waals surface area contributed by atoms with Crippen molar-refractivity contribution in [1.82, 2.24) is 16.0 Å². The van der Waals surface area contributed by atoms with Crippen molar-refractivity contribution in [1.29, 1.82) is 0 Å². The zero-order valence-corrected chi connectivity index (χ0v) is 15.7. The quantitative estimate of drug-likeness (QED) is 0.392. The summed E-state index contributed by atoms with van der Waals surface area (Å²) < 4.78 is 13.1. The average Bonchev–Trinajstić information content (AvgIpc) is 3.05. The first kappa shape index (κ1) is 19.6. The van der Waals surface area contributed by atoms with Gasteiger partial charge in [-0.15, -0.1) is 0 Å². The first-order valence-electron chi connectivity index (χ1n) is 8.62. The summed E-state index contributed by atoms with van der Waals surface area (Å²) in [7, 11) is 1.75. The van der Waals surface area contributed by atoms with Crippen molar-refractivity contribution in [3.8, 4) is 0 Å². The fourth-order valence-electron chi connectivity index (χ4n) is 2.95. The molecule has 138 valence electrons. The number of nitrogens with zero attached hydrogens (tertiary/aromatic N) is 1. The Morgan fingerprint density at radius 3 is 2.80 bits per heavy atom. The summed E-state index contributed by atoms with van der Waals surface area (Å²) in [5, 5.41) is 10.2. The Morgan fingerprint density at radius 1 is 1.32 bits per heavy atom. The van der Waals surface area contributed by atoms with Crippen LogP contribution in [0.1, 0.15) is 24.8 Å². The van der Waals surface area contributed by atoms with E-state index in [9.17, 15) is 9.18 Å². The molecule has 1 aromatic rings. The minimum atomic E-state index is -0.322. The lowest BCUT2D eigenvalue weighted by Crippen LogP contribution is -2.45. The summed E-state index contributed by atoms with van der Waals surface area (Å²) in [4.78, 5) is 16.1.